The number of hydrogen-bond acceptors (Lipinski definition) is 3. The average Bonchev–Trinajstić information content (AvgIpc) is 2.12. The van der Waals surface area contributed by atoms with Crippen LogP contribution in [0.1, 0.15) is 75.7 Å². The van der Waals surface area contributed by atoms with Gasteiger partial charge in [0.05, 0.1) is 5.92 Å². The number of carbonyl (C=O) groups is 2. The molecule has 0 fully saturated rings. The van der Waals surface area contributed by atoms with Crippen LogP contribution in [0, 0.1) is 17.3 Å². The maximum atomic E-state index is 11.3. The monoisotopic (exact) mass is 286 g/mol. The Hall–Kier alpha value is -0.860. The van der Waals surface area contributed by atoms with E-state index in [1.807, 2.05) is 55.4 Å². The van der Waals surface area contributed by atoms with E-state index in [9.17, 15) is 9.59 Å². The summed E-state index contributed by atoms with van der Waals surface area (Å²) in [5.74, 6) is 0.695. The molecule has 0 spiro atoms. The predicted molar refractivity (Wildman–Crippen MR) is 84.6 cm³/mol. The molecule has 120 valence electrons. The minimum atomic E-state index is -0.346. The van der Waals surface area contributed by atoms with Crippen molar-refractivity contribution in [3.05, 3.63) is 0 Å². The Morgan fingerprint density at radius 3 is 1.40 bits per heavy atom. The van der Waals surface area contributed by atoms with E-state index in [0.29, 0.717) is 18.1 Å². The Morgan fingerprint density at radius 2 is 1.30 bits per heavy atom. The molecule has 0 aliphatic rings. The smallest absolute Gasteiger partial charge is 0.308 e. The van der Waals surface area contributed by atoms with E-state index in [1.165, 1.54) is 0 Å². The highest BCUT2D eigenvalue weighted by Gasteiger charge is 2.21. The molecule has 0 aliphatic heterocycles. The van der Waals surface area contributed by atoms with Crippen LogP contribution in [-0.4, -0.2) is 17.4 Å². The molecule has 0 heterocycles. The quantitative estimate of drug-likeness (QED) is 0.710. The molecule has 0 amide bonds. The van der Waals surface area contributed by atoms with Gasteiger partial charge in [-0.05, 0) is 26.7 Å². The van der Waals surface area contributed by atoms with Crippen LogP contribution in [0.5, 0.6) is 0 Å². The van der Waals surface area contributed by atoms with Crippen LogP contribution >= 0.6 is 0 Å². The fourth-order valence-corrected chi connectivity index (χ4v) is 1.10. The first-order valence-electron chi connectivity index (χ1n) is 7.43. The molecule has 0 saturated carbocycles. The molecule has 3 nitrogen and oxygen atoms in total. The molecule has 3 heteroatoms. The van der Waals surface area contributed by atoms with Crippen molar-refractivity contribution in [2.75, 3.05) is 0 Å². The topological polar surface area (TPSA) is 43.4 Å². The van der Waals surface area contributed by atoms with Gasteiger partial charge < -0.3 is 4.74 Å². The van der Waals surface area contributed by atoms with Crippen molar-refractivity contribution in [3.63, 3.8) is 0 Å². The molecule has 0 aromatic rings. The van der Waals surface area contributed by atoms with E-state index < -0.39 is 0 Å². The summed E-state index contributed by atoms with van der Waals surface area (Å²) in [6, 6.07) is 0. The van der Waals surface area contributed by atoms with Crippen molar-refractivity contribution in [1.82, 2.24) is 0 Å². The predicted octanol–water partition coefficient (Wildman–Crippen LogP) is 4.63. The first-order chi connectivity index (χ1) is 8.66. The number of esters is 1. The second kappa shape index (κ2) is 8.43. The Labute approximate surface area is 125 Å². The van der Waals surface area contributed by atoms with Gasteiger partial charge in [0, 0.05) is 11.8 Å². The Balaban J connectivity index is 0. The maximum absolute atomic E-state index is 11.3. The van der Waals surface area contributed by atoms with Crippen LogP contribution in [0.15, 0.2) is 0 Å². The van der Waals surface area contributed by atoms with E-state index in [-0.39, 0.29) is 22.9 Å². The van der Waals surface area contributed by atoms with Crippen LogP contribution in [0.4, 0.5) is 0 Å². The molecule has 0 atom stereocenters. The third kappa shape index (κ3) is 13.6. The van der Waals surface area contributed by atoms with Gasteiger partial charge >= 0.3 is 5.97 Å². The van der Waals surface area contributed by atoms with Crippen molar-refractivity contribution in [3.8, 4) is 0 Å². The summed E-state index contributed by atoms with van der Waals surface area (Å²) in [4.78, 5) is 22.2. The summed E-state index contributed by atoms with van der Waals surface area (Å²) in [7, 11) is 0. The Morgan fingerprint density at radius 1 is 0.900 bits per heavy atom. The molecular formula is C17H34O3. The highest BCUT2D eigenvalue weighted by atomic mass is 16.6. The van der Waals surface area contributed by atoms with E-state index >= 15 is 0 Å². The summed E-state index contributed by atoms with van der Waals surface area (Å²) in [6.07, 6.45) is 0.712. The van der Waals surface area contributed by atoms with Gasteiger partial charge in [-0.25, -0.2) is 0 Å². The molecule has 20 heavy (non-hydrogen) atoms. The lowest BCUT2D eigenvalue weighted by Crippen LogP contribution is -2.26. The minimum Gasteiger partial charge on any atom is -0.460 e. The second-order valence-electron chi connectivity index (χ2n) is 7.96. The summed E-state index contributed by atoms with van der Waals surface area (Å²) in [6.45, 7) is 19.3. The Kier molecular flexibility index (Phi) is 9.04. The molecule has 0 aromatic heterocycles. The van der Waals surface area contributed by atoms with Crippen LogP contribution in [0.2, 0.25) is 0 Å². The number of Topliss-reactive ketones (excluding diaryl/α,β-unsaturated/α-hetero) is 1. The molecule has 0 radical (unpaired) electrons. The molecule has 0 unspecified atom stereocenters. The van der Waals surface area contributed by atoms with E-state index in [1.54, 1.807) is 0 Å². The van der Waals surface area contributed by atoms with Gasteiger partial charge in [0.15, 0.2) is 0 Å². The third-order valence-corrected chi connectivity index (χ3v) is 2.31. The normalized spacial score (nSPS) is 12.0. The molecule has 0 rings (SSSR count). The number of hydrogen-bond donors (Lipinski definition) is 0. The van der Waals surface area contributed by atoms with Gasteiger partial charge in [0.25, 0.3) is 0 Å². The number of rotatable bonds is 3. The summed E-state index contributed by atoms with van der Waals surface area (Å²) in [5, 5.41) is 0. The summed E-state index contributed by atoms with van der Waals surface area (Å²) < 4.78 is 5.06. The molecule has 0 saturated heterocycles. The van der Waals surface area contributed by atoms with Crippen LogP contribution in [0.25, 0.3) is 0 Å². The lowest BCUT2D eigenvalue weighted by Gasteiger charge is -2.20. The first kappa shape index (κ1) is 21.4. The number of ketones is 1. The SMILES string of the molecule is CC(C)C(=O)OC(C)(C)C.CC(C)CC(=O)C(C)(C)C. The number of carbonyl (C=O) groups excluding carboxylic acids is 2. The average molecular weight is 286 g/mol. The van der Waals surface area contributed by atoms with Gasteiger partial charge in [0.2, 0.25) is 0 Å². The van der Waals surface area contributed by atoms with Gasteiger partial charge in [0.1, 0.15) is 11.4 Å². The highest BCUT2D eigenvalue weighted by molar-refractivity contribution is 5.83. The molecule has 0 bridgehead atoms. The molecular weight excluding hydrogens is 252 g/mol. The Bertz CT molecular complexity index is 301. The van der Waals surface area contributed by atoms with Gasteiger partial charge in [-0.2, -0.15) is 0 Å². The zero-order valence-electron chi connectivity index (χ0n) is 15.1. The second-order valence-corrected chi connectivity index (χ2v) is 7.96. The van der Waals surface area contributed by atoms with Crippen molar-refractivity contribution in [2.45, 2.75) is 81.3 Å². The van der Waals surface area contributed by atoms with Crippen molar-refractivity contribution in [2.24, 2.45) is 17.3 Å². The highest BCUT2D eigenvalue weighted by Crippen LogP contribution is 2.19. The molecule has 0 aliphatic carbocycles. The zero-order valence-corrected chi connectivity index (χ0v) is 15.1. The summed E-state index contributed by atoms with van der Waals surface area (Å²) in [5.41, 5.74) is -0.494. The van der Waals surface area contributed by atoms with Gasteiger partial charge in [-0.15, -0.1) is 0 Å². The maximum Gasteiger partial charge on any atom is 0.308 e. The zero-order chi connectivity index (χ0) is 16.7. The summed E-state index contributed by atoms with van der Waals surface area (Å²) >= 11 is 0. The number of ether oxygens (including phenoxy) is 1. The van der Waals surface area contributed by atoms with E-state index in [0.717, 1.165) is 0 Å². The van der Waals surface area contributed by atoms with Crippen molar-refractivity contribution in [1.29, 1.82) is 0 Å². The lowest BCUT2D eigenvalue weighted by molar-refractivity contribution is -0.158. The lowest BCUT2D eigenvalue weighted by atomic mass is 9.86. The minimum absolute atomic E-state index is 0.0285. The fraction of sp³-hybridized carbons (Fsp3) is 0.882. The van der Waals surface area contributed by atoms with Crippen molar-refractivity contribution >= 4 is 11.8 Å². The first-order valence-corrected chi connectivity index (χ1v) is 7.43. The fourth-order valence-electron chi connectivity index (χ4n) is 1.10. The van der Waals surface area contributed by atoms with E-state index in [4.69, 9.17) is 4.74 Å². The van der Waals surface area contributed by atoms with Gasteiger partial charge in [-0.3, -0.25) is 9.59 Å². The third-order valence-electron chi connectivity index (χ3n) is 2.31. The molecule has 0 aromatic carbocycles. The largest absolute Gasteiger partial charge is 0.460 e. The van der Waals surface area contributed by atoms with Crippen LogP contribution < -0.4 is 0 Å². The molecule has 0 N–H and O–H groups in total. The standard InChI is InChI=1S/C9H18O.C8H16O2/c1-7(2)6-8(10)9(3,4)5;1-6(2)7(9)10-8(3,4)5/h7H,6H2,1-5H3;6H,1-5H3. The van der Waals surface area contributed by atoms with Crippen LogP contribution in [-0.2, 0) is 14.3 Å². The van der Waals surface area contributed by atoms with Crippen molar-refractivity contribution < 1.29 is 14.3 Å². The van der Waals surface area contributed by atoms with Gasteiger partial charge in [-0.1, -0.05) is 48.5 Å². The van der Waals surface area contributed by atoms with Crippen LogP contribution in [0.3, 0.4) is 0 Å². The van der Waals surface area contributed by atoms with E-state index in [2.05, 4.69) is 13.8 Å².